The van der Waals surface area contributed by atoms with Crippen LogP contribution in [0.25, 0.3) is 0 Å². The van der Waals surface area contributed by atoms with Crippen molar-refractivity contribution >= 4 is 18.2 Å². The summed E-state index contributed by atoms with van der Waals surface area (Å²) in [5, 5.41) is 0. The van der Waals surface area contributed by atoms with Crippen LogP contribution in [0.15, 0.2) is 11.6 Å². The molecule has 0 aromatic rings. The van der Waals surface area contributed by atoms with Crippen molar-refractivity contribution in [2.24, 2.45) is 46.3 Å². The molecule has 5 heteroatoms. The van der Waals surface area contributed by atoms with Crippen LogP contribution in [0.3, 0.4) is 0 Å². The minimum atomic E-state index is -3.50. The molecule has 0 saturated heterocycles. The van der Waals surface area contributed by atoms with Crippen LogP contribution < -0.4 is 0 Å². The second-order valence-electron chi connectivity index (χ2n) is 12.9. The third kappa shape index (κ3) is 5.07. The first-order valence-electron chi connectivity index (χ1n) is 13.8. The van der Waals surface area contributed by atoms with Crippen LogP contribution in [0, 0.1) is 46.3 Å². The highest BCUT2D eigenvalue weighted by molar-refractivity contribution is 8.54. The molecule has 3 saturated carbocycles. The second-order valence-corrected chi connectivity index (χ2v) is 16.9. The van der Waals surface area contributed by atoms with Gasteiger partial charge in [-0.2, -0.15) is 0 Å². The van der Waals surface area contributed by atoms with E-state index in [4.69, 9.17) is 4.52 Å². The van der Waals surface area contributed by atoms with E-state index < -0.39 is 6.80 Å². The molecule has 3 fully saturated rings. The van der Waals surface area contributed by atoms with E-state index in [0.29, 0.717) is 5.41 Å². The summed E-state index contributed by atoms with van der Waals surface area (Å²) in [7, 11) is 0. The van der Waals surface area contributed by atoms with Crippen LogP contribution in [0.5, 0.6) is 0 Å². The van der Waals surface area contributed by atoms with Crippen LogP contribution >= 0.6 is 18.2 Å². The maximum atomic E-state index is 12.1. The van der Waals surface area contributed by atoms with Crippen LogP contribution in [0.2, 0.25) is 0 Å². The number of rotatable bonds is 8. The molecule has 190 valence electrons. The largest absolute Gasteiger partial charge is 0.386 e. The minimum Gasteiger partial charge on any atom is -0.316 e. The first kappa shape index (κ1) is 26.3. The second kappa shape index (κ2) is 9.95. The third-order valence-corrected chi connectivity index (χ3v) is 13.4. The van der Waals surface area contributed by atoms with Gasteiger partial charge in [0, 0.05) is 0 Å². The summed E-state index contributed by atoms with van der Waals surface area (Å²) in [4.78, 5) is 9.98. The smallest absolute Gasteiger partial charge is 0.316 e. The van der Waals surface area contributed by atoms with Crippen molar-refractivity contribution in [3.05, 3.63) is 11.6 Å². The zero-order valence-corrected chi connectivity index (χ0v) is 23.7. The highest BCUT2D eigenvalue weighted by atomic mass is 32.7. The van der Waals surface area contributed by atoms with E-state index in [1.807, 2.05) is 0 Å². The Morgan fingerprint density at radius 2 is 1.88 bits per heavy atom. The fraction of sp³-hybridized carbons (Fsp3) is 0.929. The number of hydrogen-bond donors (Lipinski definition) is 1. The van der Waals surface area contributed by atoms with Crippen molar-refractivity contribution in [3.63, 3.8) is 0 Å². The standard InChI is InChI=1S/C28H49O3PS/c1-19(2)8-7-9-20(3)24-12-13-25-23-11-10-21-18-22(31-32(29,30)33-6)14-16-27(21,4)26(23)15-17-28(24,25)5/h10,19-20,22-26H,7-9,11-18H2,1-6H3,(H,29,30)/t20-,22+,23+,24-,25+,26+,27+,28-/m1/s1. The van der Waals surface area contributed by atoms with Gasteiger partial charge in [0.2, 0.25) is 0 Å². The molecule has 4 aliphatic carbocycles. The van der Waals surface area contributed by atoms with Crippen molar-refractivity contribution in [2.75, 3.05) is 6.26 Å². The van der Waals surface area contributed by atoms with E-state index in [1.165, 1.54) is 56.9 Å². The van der Waals surface area contributed by atoms with E-state index in [0.717, 1.165) is 66.2 Å². The van der Waals surface area contributed by atoms with Crippen LogP contribution in [0.4, 0.5) is 0 Å². The Balaban J connectivity index is 1.46. The summed E-state index contributed by atoms with van der Waals surface area (Å²) in [5.74, 6) is 5.09. The summed E-state index contributed by atoms with van der Waals surface area (Å²) in [5.41, 5.74) is 2.33. The Morgan fingerprint density at radius 3 is 2.58 bits per heavy atom. The molecule has 33 heavy (non-hydrogen) atoms. The van der Waals surface area contributed by atoms with Gasteiger partial charge in [-0.15, -0.1) is 0 Å². The predicted molar refractivity (Wildman–Crippen MR) is 141 cm³/mol. The van der Waals surface area contributed by atoms with Crippen molar-refractivity contribution in [3.8, 4) is 0 Å². The van der Waals surface area contributed by atoms with E-state index in [1.54, 1.807) is 6.26 Å². The summed E-state index contributed by atoms with van der Waals surface area (Å²) in [6.45, 7) is 8.95. The Kier molecular flexibility index (Phi) is 7.93. The molecule has 0 radical (unpaired) electrons. The van der Waals surface area contributed by atoms with Gasteiger partial charge in [0.25, 0.3) is 0 Å². The fourth-order valence-corrected chi connectivity index (χ4v) is 10.2. The van der Waals surface area contributed by atoms with Gasteiger partial charge in [0.15, 0.2) is 0 Å². The molecule has 0 heterocycles. The minimum absolute atomic E-state index is 0.0967. The average Bonchev–Trinajstić information content (AvgIpc) is 3.11. The molecule has 0 amide bonds. The lowest BCUT2D eigenvalue weighted by Crippen LogP contribution is -2.50. The molecule has 0 bridgehead atoms. The van der Waals surface area contributed by atoms with Crippen LogP contribution in [-0.4, -0.2) is 17.3 Å². The number of fused-ring (bicyclic) bond motifs is 5. The number of hydrogen-bond acceptors (Lipinski definition) is 3. The highest BCUT2D eigenvalue weighted by Crippen LogP contribution is 2.68. The Hall–Kier alpha value is 0.240. The molecule has 0 spiro atoms. The summed E-state index contributed by atoms with van der Waals surface area (Å²) in [6.07, 6.45) is 18.0. The molecule has 4 rings (SSSR count). The molecule has 1 unspecified atom stereocenters. The summed E-state index contributed by atoms with van der Waals surface area (Å²) in [6, 6.07) is 0. The Labute approximate surface area is 207 Å². The van der Waals surface area contributed by atoms with Gasteiger partial charge < -0.3 is 4.89 Å². The first-order valence-corrected chi connectivity index (χ1v) is 17.2. The third-order valence-electron chi connectivity index (χ3n) is 10.8. The molecule has 3 nitrogen and oxygen atoms in total. The van der Waals surface area contributed by atoms with Gasteiger partial charge in [-0.25, -0.2) is 4.57 Å². The maximum absolute atomic E-state index is 12.1. The van der Waals surface area contributed by atoms with Gasteiger partial charge in [-0.3, -0.25) is 4.52 Å². The zero-order chi connectivity index (χ0) is 24.0. The van der Waals surface area contributed by atoms with Crippen molar-refractivity contribution in [2.45, 2.75) is 111 Å². The molecule has 0 aliphatic heterocycles. The lowest BCUT2D eigenvalue weighted by atomic mass is 9.47. The van der Waals surface area contributed by atoms with Crippen molar-refractivity contribution in [1.82, 2.24) is 0 Å². The van der Waals surface area contributed by atoms with Gasteiger partial charge >= 0.3 is 6.80 Å². The van der Waals surface area contributed by atoms with E-state index >= 15 is 0 Å². The van der Waals surface area contributed by atoms with Crippen LogP contribution in [0.1, 0.15) is 105 Å². The Bertz CT molecular complexity index is 781. The van der Waals surface area contributed by atoms with Gasteiger partial charge in [-0.1, -0.05) is 65.5 Å². The molecule has 0 aromatic heterocycles. The Morgan fingerprint density at radius 1 is 1.12 bits per heavy atom. The molecular formula is C28H49O3PS. The molecule has 1 N–H and O–H groups in total. The van der Waals surface area contributed by atoms with Crippen molar-refractivity contribution < 1.29 is 14.0 Å². The lowest BCUT2D eigenvalue weighted by Gasteiger charge is -2.58. The topological polar surface area (TPSA) is 46.5 Å². The average molecular weight is 497 g/mol. The quantitative estimate of drug-likeness (QED) is 0.269. The fourth-order valence-electron chi connectivity index (χ4n) is 8.97. The molecule has 4 aliphatic rings. The number of allylic oxidation sites excluding steroid dienone is 1. The molecule has 0 aromatic carbocycles. The first-order chi connectivity index (χ1) is 15.5. The molecular weight excluding hydrogens is 447 g/mol. The summed E-state index contributed by atoms with van der Waals surface area (Å²) < 4.78 is 17.8. The van der Waals surface area contributed by atoms with E-state index in [9.17, 15) is 9.46 Å². The molecule has 9 atom stereocenters. The van der Waals surface area contributed by atoms with E-state index in [-0.39, 0.29) is 11.5 Å². The monoisotopic (exact) mass is 496 g/mol. The van der Waals surface area contributed by atoms with Crippen LogP contribution in [-0.2, 0) is 9.09 Å². The van der Waals surface area contributed by atoms with Crippen molar-refractivity contribution in [1.29, 1.82) is 0 Å². The SMILES string of the molecule is CSP(=O)(O)O[C@H]1CC[C@@]2(C)C(=CC[C@H]3[C@@H]4CC[C@H]([C@H](C)CCCC(C)C)[C@@]4(C)CC[C@@H]32)C1. The zero-order valence-electron chi connectivity index (χ0n) is 22.0. The summed E-state index contributed by atoms with van der Waals surface area (Å²) >= 11 is 0.955. The normalized spacial score (nSPS) is 43.3. The van der Waals surface area contributed by atoms with Gasteiger partial charge in [0.05, 0.1) is 6.10 Å². The lowest BCUT2D eigenvalue weighted by molar-refractivity contribution is -0.0560. The van der Waals surface area contributed by atoms with Gasteiger partial charge in [-0.05, 0) is 115 Å². The highest BCUT2D eigenvalue weighted by Gasteiger charge is 2.59. The van der Waals surface area contributed by atoms with E-state index in [2.05, 4.69) is 40.7 Å². The maximum Gasteiger partial charge on any atom is 0.386 e. The predicted octanol–water partition coefficient (Wildman–Crippen LogP) is 8.88. The van der Waals surface area contributed by atoms with Gasteiger partial charge in [0.1, 0.15) is 0 Å².